The van der Waals surface area contributed by atoms with E-state index in [0.717, 1.165) is 25.9 Å². The number of imidazole rings is 1. The van der Waals surface area contributed by atoms with Crippen molar-refractivity contribution in [1.29, 1.82) is 0 Å². The van der Waals surface area contributed by atoms with E-state index in [1.54, 1.807) is 24.7 Å². The van der Waals surface area contributed by atoms with Crippen molar-refractivity contribution in [1.82, 2.24) is 9.55 Å². The van der Waals surface area contributed by atoms with Gasteiger partial charge < -0.3 is 9.47 Å². The smallest absolute Gasteiger partial charge is 0.240 e. The van der Waals surface area contributed by atoms with Gasteiger partial charge in [-0.2, -0.15) is 0 Å². The van der Waals surface area contributed by atoms with Gasteiger partial charge in [0.05, 0.1) is 18.1 Å². The third-order valence-corrected chi connectivity index (χ3v) is 4.81. The number of sulfonamides is 1. The van der Waals surface area contributed by atoms with Crippen LogP contribution >= 0.6 is 0 Å². The van der Waals surface area contributed by atoms with Crippen molar-refractivity contribution in [2.45, 2.75) is 23.8 Å². The van der Waals surface area contributed by atoms with Gasteiger partial charge in [0.25, 0.3) is 0 Å². The number of para-hydroxylation sites is 1. The molecular weight excluding hydrogens is 288 g/mol. The Hall–Kier alpha value is -1.86. The van der Waals surface area contributed by atoms with E-state index >= 15 is 0 Å². The lowest BCUT2D eigenvalue weighted by Gasteiger charge is -2.35. The highest BCUT2D eigenvalue weighted by Gasteiger charge is 2.25. The summed E-state index contributed by atoms with van der Waals surface area (Å²) in [7, 11) is -3.71. The van der Waals surface area contributed by atoms with Crippen LogP contribution in [-0.2, 0) is 10.0 Å². The Bertz CT molecular complexity index is 712. The van der Waals surface area contributed by atoms with Gasteiger partial charge in [0.15, 0.2) is 0 Å². The maximum Gasteiger partial charge on any atom is 0.240 e. The fourth-order valence-corrected chi connectivity index (χ4v) is 3.62. The van der Waals surface area contributed by atoms with Gasteiger partial charge in [-0.1, -0.05) is 12.1 Å². The summed E-state index contributed by atoms with van der Waals surface area (Å²) >= 11 is 0. The summed E-state index contributed by atoms with van der Waals surface area (Å²) in [5.74, 6) is 0. The van der Waals surface area contributed by atoms with Crippen molar-refractivity contribution >= 4 is 15.7 Å². The summed E-state index contributed by atoms with van der Waals surface area (Å²) in [4.78, 5) is 6.36. The number of piperidine rings is 1. The van der Waals surface area contributed by atoms with Gasteiger partial charge in [-0.05, 0) is 25.0 Å². The Morgan fingerprint density at radius 3 is 2.81 bits per heavy atom. The average Bonchev–Trinajstić information content (AvgIpc) is 3.01. The molecule has 0 aliphatic carbocycles. The van der Waals surface area contributed by atoms with Gasteiger partial charge >= 0.3 is 0 Å². The summed E-state index contributed by atoms with van der Waals surface area (Å²) in [6, 6.07) is 7.21. The quantitative estimate of drug-likeness (QED) is 0.928. The summed E-state index contributed by atoms with van der Waals surface area (Å²) < 4.78 is 25.6. The van der Waals surface area contributed by atoms with Crippen molar-refractivity contribution in [3.63, 3.8) is 0 Å². The number of aromatic nitrogens is 2. The molecule has 1 aromatic carbocycles. The molecule has 0 saturated carbocycles. The normalized spacial score (nSPS) is 19.7. The number of primary sulfonamides is 1. The number of hydrogen-bond acceptors (Lipinski definition) is 4. The van der Waals surface area contributed by atoms with Crippen LogP contribution in [-0.4, -0.2) is 31.1 Å². The van der Waals surface area contributed by atoms with E-state index in [1.807, 2.05) is 18.3 Å². The molecule has 1 atom stereocenters. The third-order valence-electron chi connectivity index (χ3n) is 3.86. The Balaban J connectivity index is 1.91. The van der Waals surface area contributed by atoms with E-state index in [-0.39, 0.29) is 4.90 Å². The first-order valence-electron chi connectivity index (χ1n) is 6.90. The highest BCUT2D eigenvalue weighted by atomic mass is 32.2. The second-order valence-electron chi connectivity index (χ2n) is 5.26. The van der Waals surface area contributed by atoms with Crippen molar-refractivity contribution in [2.24, 2.45) is 5.14 Å². The van der Waals surface area contributed by atoms with Gasteiger partial charge in [0.2, 0.25) is 10.0 Å². The maximum atomic E-state index is 11.7. The van der Waals surface area contributed by atoms with E-state index in [9.17, 15) is 8.42 Å². The largest absolute Gasteiger partial charge is 0.368 e. The Morgan fingerprint density at radius 1 is 1.29 bits per heavy atom. The molecular formula is C14H18N4O2S. The van der Waals surface area contributed by atoms with Crippen LogP contribution in [0, 0.1) is 0 Å². The average molecular weight is 306 g/mol. The standard InChI is InChI=1S/C14H18N4O2S/c15-21(19,20)14-6-2-1-5-13(14)17-8-3-4-12(10-17)18-9-7-16-11-18/h1-2,5-7,9,11-12H,3-4,8,10H2,(H2,15,19,20). The van der Waals surface area contributed by atoms with E-state index in [1.165, 1.54) is 0 Å². The molecule has 1 aliphatic rings. The summed E-state index contributed by atoms with van der Waals surface area (Å²) in [6.07, 6.45) is 7.57. The second-order valence-corrected chi connectivity index (χ2v) is 6.79. The van der Waals surface area contributed by atoms with Gasteiger partial charge in [-0.3, -0.25) is 0 Å². The SMILES string of the molecule is NS(=O)(=O)c1ccccc1N1CCCC(n2ccnc2)C1. The summed E-state index contributed by atoms with van der Waals surface area (Å²) in [5.41, 5.74) is 0.685. The zero-order chi connectivity index (χ0) is 14.9. The molecule has 2 heterocycles. The van der Waals surface area contributed by atoms with E-state index < -0.39 is 10.0 Å². The lowest BCUT2D eigenvalue weighted by atomic mass is 10.0. The van der Waals surface area contributed by atoms with Crippen LogP contribution in [0.4, 0.5) is 5.69 Å². The number of anilines is 1. The number of nitrogens with zero attached hydrogens (tertiary/aromatic N) is 3. The van der Waals surface area contributed by atoms with Crippen LogP contribution in [0.15, 0.2) is 47.9 Å². The fraction of sp³-hybridized carbons (Fsp3) is 0.357. The number of rotatable bonds is 3. The highest BCUT2D eigenvalue weighted by Crippen LogP contribution is 2.30. The van der Waals surface area contributed by atoms with Crippen LogP contribution < -0.4 is 10.0 Å². The molecule has 0 amide bonds. The first-order chi connectivity index (χ1) is 10.1. The summed E-state index contributed by atoms with van der Waals surface area (Å²) in [5, 5.41) is 5.32. The van der Waals surface area contributed by atoms with Crippen LogP contribution in [0.5, 0.6) is 0 Å². The first kappa shape index (κ1) is 14.1. The van der Waals surface area contributed by atoms with E-state index in [4.69, 9.17) is 5.14 Å². The topological polar surface area (TPSA) is 81.2 Å². The lowest BCUT2D eigenvalue weighted by Crippen LogP contribution is -2.37. The van der Waals surface area contributed by atoms with E-state index in [0.29, 0.717) is 11.7 Å². The predicted molar refractivity (Wildman–Crippen MR) is 80.5 cm³/mol. The number of benzene rings is 1. The predicted octanol–water partition coefficient (Wildman–Crippen LogP) is 1.37. The first-order valence-corrected chi connectivity index (χ1v) is 8.44. The maximum absolute atomic E-state index is 11.7. The van der Waals surface area contributed by atoms with Crippen molar-refractivity contribution in [3.8, 4) is 0 Å². The molecule has 2 aromatic rings. The second kappa shape index (κ2) is 5.50. The van der Waals surface area contributed by atoms with Crippen molar-refractivity contribution in [3.05, 3.63) is 43.0 Å². The zero-order valence-electron chi connectivity index (χ0n) is 11.6. The molecule has 1 aromatic heterocycles. The van der Waals surface area contributed by atoms with Gasteiger partial charge in [0, 0.05) is 25.5 Å². The highest BCUT2D eigenvalue weighted by molar-refractivity contribution is 7.89. The molecule has 1 aliphatic heterocycles. The zero-order valence-corrected chi connectivity index (χ0v) is 12.4. The minimum Gasteiger partial charge on any atom is -0.368 e. The monoisotopic (exact) mass is 306 g/mol. The molecule has 1 unspecified atom stereocenters. The van der Waals surface area contributed by atoms with E-state index in [2.05, 4.69) is 14.5 Å². The minimum absolute atomic E-state index is 0.191. The van der Waals surface area contributed by atoms with Crippen LogP contribution in [0.25, 0.3) is 0 Å². The molecule has 0 radical (unpaired) electrons. The van der Waals surface area contributed by atoms with Gasteiger partial charge in [-0.25, -0.2) is 18.5 Å². The van der Waals surface area contributed by atoms with Crippen LogP contribution in [0.2, 0.25) is 0 Å². The molecule has 7 heteroatoms. The lowest BCUT2D eigenvalue weighted by molar-refractivity contribution is 0.404. The molecule has 2 N–H and O–H groups in total. The number of nitrogens with two attached hydrogens (primary N) is 1. The van der Waals surface area contributed by atoms with Gasteiger partial charge in [-0.15, -0.1) is 0 Å². The van der Waals surface area contributed by atoms with Crippen LogP contribution in [0.3, 0.4) is 0 Å². The molecule has 0 spiro atoms. The minimum atomic E-state index is -3.71. The Morgan fingerprint density at radius 2 is 2.10 bits per heavy atom. The van der Waals surface area contributed by atoms with Crippen molar-refractivity contribution < 1.29 is 8.42 Å². The molecule has 3 rings (SSSR count). The molecule has 6 nitrogen and oxygen atoms in total. The molecule has 112 valence electrons. The third kappa shape index (κ3) is 2.93. The Labute approximate surface area is 124 Å². The Kier molecular flexibility index (Phi) is 3.69. The molecule has 1 fully saturated rings. The van der Waals surface area contributed by atoms with Crippen molar-refractivity contribution in [2.75, 3.05) is 18.0 Å². The van der Waals surface area contributed by atoms with Crippen LogP contribution in [0.1, 0.15) is 18.9 Å². The molecule has 21 heavy (non-hydrogen) atoms. The molecule has 1 saturated heterocycles. The fourth-order valence-electron chi connectivity index (χ4n) is 2.86. The van der Waals surface area contributed by atoms with Gasteiger partial charge in [0.1, 0.15) is 4.90 Å². The summed E-state index contributed by atoms with van der Waals surface area (Å²) in [6.45, 7) is 1.58. The molecule has 0 bridgehead atoms. The number of hydrogen-bond donors (Lipinski definition) is 1.